The van der Waals surface area contributed by atoms with Gasteiger partial charge in [0.25, 0.3) is 0 Å². The summed E-state index contributed by atoms with van der Waals surface area (Å²) in [4.78, 5) is 4.54. The highest BCUT2D eigenvalue weighted by molar-refractivity contribution is 8.14. The fraction of sp³-hybridized carbons (Fsp3) is 0.500. The van der Waals surface area contributed by atoms with Gasteiger partial charge in [-0.3, -0.25) is 4.99 Å². The van der Waals surface area contributed by atoms with E-state index in [-0.39, 0.29) is 16.2 Å². The summed E-state index contributed by atoms with van der Waals surface area (Å²) in [5.41, 5.74) is -1.00. The van der Waals surface area contributed by atoms with Crippen LogP contribution in [0.15, 0.2) is 23.2 Å². The van der Waals surface area contributed by atoms with Gasteiger partial charge in [-0.25, -0.2) is 0 Å². The summed E-state index contributed by atoms with van der Waals surface area (Å²) in [6.07, 6.45) is -2.68. The first-order chi connectivity index (χ1) is 9.73. The van der Waals surface area contributed by atoms with Gasteiger partial charge in [0, 0.05) is 10.8 Å². The number of rotatable bonds is 2. The van der Waals surface area contributed by atoms with Crippen LogP contribution < -0.4 is 5.32 Å². The SMILES string of the molecule is CCC1(C)CCSC(Nc2ccc(Cl)cc2C(F)(F)F)=N1. The Bertz CT molecular complexity index is 560. The predicted octanol–water partition coefficient (Wildman–Crippen LogP) is 5.43. The zero-order valence-corrected chi connectivity index (χ0v) is 13.3. The number of nitrogens with zero attached hydrogens (tertiary/aromatic N) is 1. The molecule has 1 aliphatic heterocycles. The Hall–Kier alpha value is -0.880. The van der Waals surface area contributed by atoms with Crippen LogP contribution in [-0.4, -0.2) is 16.5 Å². The van der Waals surface area contributed by atoms with Crippen molar-refractivity contribution in [3.63, 3.8) is 0 Å². The van der Waals surface area contributed by atoms with Crippen molar-refractivity contribution in [2.45, 2.75) is 38.4 Å². The highest BCUT2D eigenvalue weighted by atomic mass is 35.5. The Morgan fingerprint density at radius 2 is 2.14 bits per heavy atom. The highest BCUT2D eigenvalue weighted by Crippen LogP contribution is 2.38. The molecule has 1 aliphatic rings. The van der Waals surface area contributed by atoms with Gasteiger partial charge in [0.15, 0.2) is 5.17 Å². The standard InChI is InChI=1S/C14H16ClF3N2S/c1-3-13(2)6-7-21-12(20-13)19-11-5-4-9(15)8-10(11)14(16,17)18/h4-5,8H,3,6-7H2,1-2H3,(H,19,20). The Morgan fingerprint density at radius 1 is 1.43 bits per heavy atom. The van der Waals surface area contributed by atoms with Gasteiger partial charge in [-0.1, -0.05) is 30.3 Å². The molecule has 0 radical (unpaired) electrons. The molecule has 0 aliphatic carbocycles. The van der Waals surface area contributed by atoms with Crippen molar-refractivity contribution in [2.75, 3.05) is 11.1 Å². The monoisotopic (exact) mass is 336 g/mol. The van der Waals surface area contributed by atoms with Crippen molar-refractivity contribution in [1.29, 1.82) is 0 Å². The molecule has 0 saturated carbocycles. The van der Waals surface area contributed by atoms with Crippen molar-refractivity contribution in [2.24, 2.45) is 4.99 Å². The van der Waals surface area contributed by atoms with Gasteiger partial charge in [-0.15, -0.1) is 0 Å². The van der Waals surface area contributed by atoms with E-state index < -0.39 is 11.7 Å². The number of benzene rings is 1. The zero-order chi connectivity index (χ0) is 15.7. The third-order valence-corrected chi connectivity index (χ3v) is 4.65. The number of amidine groups is 1. The summed E-state index contributed by atoms with van der Waals surface area (Å²) >= 11 is 7.11. The summed E-state index contributed by atoms with van der Waals surface area (Å²) in [5.74, 6) is 0.838. The van der Waals surface area contributed by atoms with Crippen LogP contribution in [0.4, 0.5) is 18.9 Å². The molecule has 0 bridgehead atoms. The topological polar surface area (TPSA) is 24.4 Å². The smallest absolute Gasteiger partial charge is 0.334 e. The first-order valence-electron chi connectivity index (χ1n) is 6.60. The molecule has 0 saturated heterocycles. The Labute approximate surface area is 131 Å². The maximum Gasteiger partial charge on any atom is 0.418 e. The fourth-order valence-corrected chi connectivity index (χ4v) is 3.37. The number of halogens is 4. The molecule has 1 unspecified atom stereocenters. The molecule has 0 fully saturated rings. The summed E-state index contributed by atoms with van der Waals surface area (Å²) in [7, 11) is 0. The molecular weight excluding hydrogens is 321 g/mol. The number of anilines is 1. The number of aliphatic imine (C=N–C) groups is 1. The van der Waals surface area contributed by atoms with Crippen LogP contribution in [0.2, 0.25) is 5.02 Å². The maximum atomic E-state index is 13.1. The largest absolute Gasteiger partial charge is 0.418 e. The quantitative estimate of drug-likeness (QED) is 0.778. The van der Waals surface area contributed by atoms with Gasteiger partial charge in [-0.05, 0) is 38.0 Å². The molecule has 1 heterocycles. The van der Waals surface area contributed by atoms with E-state index in [1.165, 1.54) is 23.9 Å². The lowest BCUT2D eigenvalue weighted by Gasteiger charge is -2.29. The number of thioether (sulfide) groups is 1. The van der Waals surface area contributed by atoms with Crippen LogP contribution in [-0.2, 0) is 6.18 Å². The fourth-order valence-electron chi connectivity index (χ4n) is 2.00. The van der Waals surface area contributed by atoms with Crippen LogP contribution in [0, 0.1) is 0 Å². The molecule has 0 amide bonds. The molecule has 2 rings (SSSR count). The normalized spacial score (nSPS) is 22.9. The van der Waals surface area contributed by atoms with E-state index in [0.29, 0.717) is 5.17 Å². The van der Waals surface area contributed by atoms with Crippen LogP contribution in [0.5, 0.6) is 0 Å². The van der Waals surface area contributed by atoms with Crippen molar-refractivity contribution in [1.82, 2.24) is 0 Å². The Balaban J connectivity index is 2.32. The number of hydrogen-bond acceptors (Lipinski definition) is 3. The molecule has 0 spiro atoms. The molecule has 21 heavy (non-hydrogen) atoms. The summed E-state index contributed by atoms with van der Waals surface area (Å²) in [6.45, 7) is 4.04. The Kier molecular flexibility index (Phi) is 4.78. The summed E-state index contributed by atoms with van der Waals surface area (Å²) in [6, 6.07) is 3.70. The molecule has 7 heteroatoms. The maximum absolute atomic E-state index is 13.1. The van der Waals surface area contributed by atoms with E-state index in [2.05, 4.69) is 10.3 Å². The average Bonchev–Trinajstić information content (AvgIpc) is 2.40. The van der Waals surface area contributed by atoms with E-state index in [1.54, 1.807) is 0 Å². The minimum atomic E-state index is -4.46. The summed E-state index contributed by atoms with van der Waals surface area (Å²) in [5, 5.41) is 3.39. The number of hydrogen-bond donors (Lipinski definition) is 1. The number of nitrogens with one attached hydrogen (secondary N) is 1. The molecule has 2 nitrogen and oxygen atoms in total. The molecule has 116 valence electrons. The molecule has 1 aromatic carbocycles. The molecular formula is C14H16ClF3N2S. The lowest BCUT2D eigenvalue weighted by atomic mass is 9.97. The predicted molar refractivity (Wildman–Crippen MR) is 83.3 cm³/mol. The third kappa shape index (κ3) is 4.07. The van der Waals surface area contributed by atoms with Gasteiger partial charge >= 0.3 is 6.18 Å². The molecule has 1 atom stereocenters. The van der Waals surface area contributed by atoms with Crippen LogP contribution in [0.3, 0.4) is 0 Å². The summed E-state index contributed by atoms with van der Waals surface area (Å²) < 4.78 is 39.2. The highest BCUT2D eigenvalue weighted by Gasteiger charge is 2.34. The minimum Gasteiger partial charge on any atom is -0.334 e. The van der Waals surface area contributed by atoms with Crippen molar-refractivity contribution >= 4 is 34.2 Å². The number of alkyl halides is 3. The van der Waals surface area contributed by atoms with Crippen molar-refractivity contribution in [3.8, 4) is 0 Å². The van der Waals surface area contributed by atoms with Gasteiger partial charge in [0.1, 0.15) is 0 Å². The zero-order valence-electron chi connectivity index (χ0n) is 11.7. The van der Waals surface area contributed by atoms with Crippen LogP contribution in [0.25, 0.3) is 0 Å². The van der Waals surface area contributed by atoms with Gasteiger partial charge in [0.05, 0.1) is 16.8 Å². The molecule has 1 aromatic rings. The van der Waals surface area contributed by atoms with Gasteiger partial charge in [-0.2, -0.15) is 13.2 Å². The lowest BCUT2D eigenvalue weighted by molar-refractivity contribution is -0.136. The first-order valence-corrected chi connectivity index (χ1v) is 7.96. The lowest BCUT2D eigenvalue weighted by Crippen LogP contribution is -2.30. The Morgan fingerprint density at radius 3 is 2.76 bits per heavy atom. The van der Waals surface area contributed by atoms with E-state index >= 15 is 0 Å². The van der Waals surface area contributed by atoms with Crippen LogP contribution >= 0.6 is 23.4 Å². The molecule has 0 aromatic heterocycles. The van der Waals surface area contributed by atoms with Crippen molar-refractivity contribution < 1.29 is 13.2 Å². The first kappa shape index (κ1) is 16.5. The van der Waals surface area contributed by atoms with E-state index in [9.17, 15) is 13.2 Å². The van der Waals surface area contributed by atoms with E-state index in [4.69, 9.17) is 11.6 Å². The van der Waals surface area contributed by atoms with Crippen LogP contribution in [0.1, 0.15) is 32.3 Å². The van der Waals surface area contributed by atoms with Gasteiger partial charge < -0.3 is 5.32 Å². The second kappa shape index (κ2) is 6.08. The second-order valence-corrected chi connectivity index (χ2v) is 6.70. The molecule has 1 N–H and O–H groups in total. The van der Waals surface area contributed by atoms with E-state index in [0.717, 1.165) is 24.7 Å². The third-order valence-electron chi connectivity index (χ3n) is 3.54. The second-order valence-electron chi connectivity index (χ2n) is 5.18. The average molecular weight is 337 g/mol. The van der Waals surface area contributed by atoms with Gasteiger partial charge in [0.2, 0.25) is 0 Å². The van der Waals surface area contributed by atoms with E-state index in [1.807, 2.05) is 13.8 Å². The minimum absolute atomic E-state index is 0.0153. The van der Waals surface area contributed by atoms with Crippen molar-refractivity contribution in [3.05, 3.63) is 28.8 Å².